The molecular weight excluding hydrogens is 226 g/mol. The lowest BCUT2D eigenvalue weighted by Gasteiger charge is -2.26. The number of benzene rings is 1. The normalized spacial score (nSPS) is 16.8. The molecule has 1 aromatic heterocycles. The molecule has 1 fully saturated rings. The molecule has 0 radical (unpaired) electrons. The number of nitrogens with zero attached hydrogens (tertiary/aromatic N) is 2. The third-order valence-electron chi connectivity index (χ3n) is 3.39. The van der Waals surface area contributed by atoms with E-state index in [-0.39, 0.29) is 0 Å². The summed E-state index contributed by atoms with van der Waals surface area (Å²) in [4.78, 5) is 2.38. The van der Waals surface area contributed by atoms with E-state index >= 15 is 0 Å². The van der Waals surface area contributed by atoms with Crippen molar-refractivity contribution >= 4 is 10.8 Å². The summed E-state index contributed by atoms with van der Waals surface area (Å²) in [5.41, 5.74) is 0.678. The van der Waals surface area contributed by atoms with Crippen molar-refractivity contribution in [2.45, 2.75) is 6.54 Å². The van der Waals surface area contributed by atoms with Gasteiger partial charge in [-0.1, -0.05) is 0 Å². The predicted octanol–water partition coefficient (Wildman–Crippen LogP) is 1.71. The van der Waals surface area contributed by atoms with Crippen LogP contribution in [0.1, 0.15) is 11.3 Å². The summed E-state index contributed by atoms with van der Waals surface area (Å²) in [5, 5.41) is 14.3. The Bertz CT molecular complexity index is 591. The number of hydrogen-bond acceptors (Lipinski definition) is 4. The van der Waals surface area contributed by atoms with Gasteiger partial charge in [0.1, 0.15) is 5.76 Å². The monoisotopic (exact) mass is 241 g/mol. The minimum absolute atomic E-state index is 0.678. The minimum Gasteiger partial charge on any atom is -0.467 e. The Morgan fingerprint density at radius 2 is 2.17 bits per heavy atom. The molecule has 1 N–H and O–H groups in total. The highest BCUT2D eigenvalue weighted by atomic mass is 16.3. The number of rotatable bonds is 2. The molecule has 92 valence electrons. The molecule has 1 aliphatic rings. The molecule has 0 bridgehead atoms. The van der Waals surface area contributed by atoms with Crippen LogP contribution in [-0.4, -0.2) is 31.1 Å². The van der Waals surface area contributed by atoms with Gasteiger partial charge in [0.2, 0.25) is 0 Å². The third-order valence-corrected chi connectivity index (χ3v) is 3.39. The van der Waals surface area contributed by atoms with Gasteiger partial charge in [0, 0.05) is 37.0 Å². The maximum atomic E-state index is 8.87. The Hall–Kier alpha value is -1.83. The first-order valence-corrected chi connectivity index (χ1v) is 6.20. The van der Waals surface area contributed by atoms with Crippen LogP contribution in [0.2, 0.25) is 0 Å². The Morgan fingerprint density at radius 3 is 2.94 bits per heavy atom. The maximum absolute atomic E-state index is 8.87. The molecule has 0 atom stereocenters. The molecule has 1 aliphatic heterocycles. The molecule has 4 heteroatoms. The Balaban J connectivity index is 1.86. The lowest BCUT2D eigenvalue weighted by atomic mass is 10.1. The van der Waals surface area contributed by atoms with Crippen LogP contribution in [0.25, 0.3) is 10.8 Å². The zero-order chi connectivity index (χ0) is 12.4. The molecular formula is C14H15N3O. The molecule has 3 rings (SSSR count). The number of hydrogen-bond donors (Lipinski definition) is 1. The van der Waals surface area contributed by atoms with E-state index in [0.717, 1.165) is 49.3 Å². The van der Waals surface area contributed by atoms with Gasteiger partial charge < -0.3 is 9.73 Å². The smallest absolute Gasteiger partial charge is 0.125 e. The standard InChI is InChI=1S/C14H15N3O/c15-8-11-1-2-13-12(7-11)10-18-14(13)9-17-5-3-16-4-6-17/h1-2,7,10,16H,3-6,9H2. The average molecular weight is 241 g/mol. The van der Waals surface area contributed by atoms with Crippen LogP contribution < -0.4 is 5.32 Å². The lowest BCUT2D eigenvalue weighted by Crippen LogP contribution is -2.42. The third kappa shape index (κ3) is 2.10. The zero-order valence-electron chi connectivity index (χ0n) is 10.1. The van der Waals surface area contributed by atoms with Crippen LogP contribution in [0.15, 0.2) is 28.9 Å². The summed E-state index contributed by atoms with van der Waals surface area (Å²) in [5.74, 6) is 0.997. The van der Waals surface area contributed by atoms with Crippen molar-refractivity contribution in [3.63, 3.8) is 0 Å². The SMILES string of the molecule is N#Cc1ccc2c(CN3CCNCC3)occ2c1. The second-order valence-electron chi connectivity index (χ2n) is 4.60. The summed E-state index contributed by atoms with van der Waals surface area (Å²) in [6.07, 6.45) is 1.74. The van der Waals surface area contributed by atoms with E-state index in [0.29, 0.717) is 5.56 Å². The summed E-state index contributed by atoms with van der Waals surface area (Å²) < 4.78 is 5.65. The molecule has 0 unspecified atom stereocenters. The van der Waals surface area contributed by atoms with Crippen molar-refractivity contribution < 1.29 is 4.42 Å². The van der Waals surface area contributed by atoms with E-state index < -0.39 is 0 Å². The molecule has 0 spiro atoms. The molecule has 0 aliphatic carbocycles. The van der Waals surface area contributed by atoms with Crippen molar-refractivity contribution in [2.24, 2.45) is 0 Å². The fourth-order valence-corrected chi connectivity index (χ4v) is 2.38. The summed E-state index contributed by atoms with van der Waals surface area (Å²) in [7, 11) is 0. The van der Waals surface area contributed by atoms with Crippen molar-refractivity contribution in [3.8, 4) is 6.07 Å². The number of furan rings is 1. The molecule has 2 aromatic rings. The van der Waals surface area contributed by atoms with Crippen molar-refractivity contribution in [3.05, 3.63) is 35.8 Å². The second kappa shape index (κ2) is 4.81. The summed E-state index contributed by atoms with van der Waals surface area (Å²) in [6, 6.07) is 7.85. The average Bonchev–Trinajstić information content (AvgIpc) is 2.82. The van der Waals surface area contributed by atoms with E-state index in [4.69, 9.17) is 9.68 Å². The van der Waals surface area contributed by atoms with E-state index in [1.54, 1.807) is 6.26 Å². The Morgan fingerprint density at radius 1 is 1.33 bits per heavy atom. The van der Waals surface area contributed by atoms with Gasteiger partial charge in [-0.05, 0) is 18.2 Å². The highest BCUT2D eigenvalue weighted by Crippen LogP contribution is 2.23. The van der Waals surface area contributed by atoms with Gasteiger partial charge in [-0.15, -0.1) is 0 Å². The predicted molar refractivity (Wildman–Crippen MR) is 69.1 cm³/mol. The fourth-order valence-electron chi connectivity index (χ4n) is 2.38. The van der Waals surface area contributed by atoms with Gasteiger partial charge in [-0.3, -0.25) is 4.90 Å². The maximum Gasteiger partial charge on any atom is 0.125 e. The van der Waals surface area contributed by atoms with Crippen LogP contribution in [0, 0.1) is 11.3 Å². The molecule has 2 heterocycles. The van der Waals surface area contributed by atoms with Gasteiger partial charge in [-0.2, -0.15) is 5.26 Å². The summed E-state index contributed by atoms with van der Waals surface area (Å²) >= 11 is 0. The van der Waals surface area contributed by atoms with Crippen molar-refractivity contribution in [1.82, 2.24) is 10.2 Å². The van der Waals surface area contributed by atoms with E-state index in [1.807, 2.05) is 18.2 Å². The van der Waals surface area contributed by atoms with Crippen molar-refractivity contribution in [2.75, 3.05) is 26.2 Å². The van der Waals surface area contributed by atoms with Gasteiger partial charge >= 0.3 is 0 Å². The number of fused-ring (bicyclic) bond motifs is 1. The Kier molecular flexibility index (Phi) is 3.01. The first kappa shape index (κ1) is 11.3. The fraction of sp³-hybridized carbons (Fsp3) is 0.357. The van der Waals surface area contributed by atoms with Gasteiger partial charge in [0.15, 0.2) is 0 Å². The molecule has 0 amide bonds. The number of nitrogens with one attached hydrogen (secondary N) is 1. The first-order chi connectivity index (χ1) is 8.86. The molecule has 18 heavy (non-hydrogen) atoms. The van der Waals surface area contributed by atoms with Gasteiger partial charge in [0.05, 0.1) is 24.4 Å². The first-order valence-electron chi connectivity index (χ1n) is 6.20. The molecule has 0 saturated carbocycles. The minimum atomic E-state index is 0.678. The quantitative estimate of drug-likeness (QED) is 0.869. The number of piperazine rings is 1. The van der Waals surface area contributed by atoms with Gasteiger partial charge in [-0.25, -0.2) is 0 Å². The summed E-state index contributed by atoms with van der Waals surface area (Å²) in [6.45, 7) is 5.03. The number of nitriles is 1. The zero-order valence-corrected chi connectivity index (χ0v) is 10.1. The highest BCUT2D eigenvalue weighted by molar-refractivity contribution is 5.85. The molecule has 1 saturated heterocycles. The van der Waals surface area contributed by atoms with Crippen LogP contribution in [0.4, 0.5) is 0 Å². The van der Waals surface area contributed by atoms with E-state index in [1.165, 1.54) is 0 Å². The van der Waals surface area contributed by atoms with Gasteiger partial charge in [0.25, 0.3) is 0 Å². The van der Waals surface area contributed by atoms with Crippen LogP contribution in [0.3, 0.4) is 0 Å². The van der Waals surface area contributed by atoms with Crippen LogP contribution in [0.5, 0.6) is 0 Å². The molecule has 4 nitrogen and oxygen atoms in total. The van der Waals surface area contributed by atoms with Crippen LogP contribution in [-0.2, 0) is 6.54 Å². The molecule has 1 aromatic carbocycles. The lowest BCUT2D eigenvalue weighted by molar-refractivity contribution is 0.217. The Labute approximate surface area is 106 Å². The van der Waals surface area contributed by atoms with E-state index in [2.05, 4.69) is 16.3 Å². The van der Waals surface area contributed by atoms with E-state index in [9.17, 15) is 0 Å². The van der Waals surface area contributed by atoms with Crippen molar-refractivity contribution in [1.29, 1.82) is 5.26 Å². The largest absolute Gasteiger partial charge is 0.467 e. The second-order valence-corrected chi connectivity index (χ2v) is 4.60. The van der Waals surface area contributed by atoms with Crippen LogP contribution >= 0.6 is 0 Å². The topological polar surface area (TPSA) is 52.2 Å². The highest BCUT2D eigenvalue weighted by Gasteiger charge is 2.14.